The van der Waals surface area contributed by atoms with Crippen LogP contribution in [0.1, 0.15) is 34.3 Å². The molecule has 0 bridgehead atoms. The van der Waals surface area contributed by atoms with E-state index in [4.69, 9.17) is 16.3 Å². The number of rotatable bonds is 2. The van der Waals surface area contributed by atoms with Crippen LogP contribution < -0.4 is 0 Å². The fourth-order valence-electron chi connectivity index (χ4n) is 3.84. The molecule has 136 valence electrons. The Labute approximate surface area is 157 Å². The summed E-state index contributed by atoms with van der Waals surface area (Å²) in [6.45, 7) is 2.19. The van der Waals surface area contributed by atoms with Crippen molar-refractivity contribution < 1.29 is 17.9 Å². The van der Waals surface area contributed by atoms with E-state index in [0.29, 0.717) is 35.5 Å². The zero-order valence-electron chi connectivity index (χ0n) is 14.2. The Morgan fingerprint density at radius 2 is 1.92 bits per heavy atom. The minimum atomic E-state index is -3.74. The van der Waals surface area contributed by atoms with Gasteiger partial charge in [-0.25, -0.2) is 13.2 Å². The van der Waals surface area contributed by atoms with Crippen molar-refractivity contribution in [2.75, 3.05) is 13.1 Å². The Hall–Kier alpha value is -1.89. The number of hydrogen-bond acceptors (Lipinski definition) is 4. The van der Waals surface area contributed by atoms with E-state index in [0.717, 1.165) is 5.56 Å². The summed E-state index contributed by atoms with van der Waals surface area (Å²) in [5.41, 5.74) is 0.905. The number of nitrogens with zero attached hydrogens (tertiary/aromatic N) is 1. The fourth-order valence-corrected chi connectivity index (χ4v) is 5.85. The highest BCUT2D eigenvalue weighted by molar-refractivity contribution is 7.89. The van der Waals surface area contributed by atoms with E-state index in [-0.39, 0.29) is 11.4 Å². The number of sulfonamides is 1. The van der Waals surface area contributed by atoms with Crippen LogP contribution in [0.4, 0.5) is 0 Å². The molecule has 0 aromatic heterocycles. The normalized spacial score (nSPS) is 23.1. The Kier molecular flexibility index (Phi) is 4.10. The van der Waals surface area contributed by atoms with Crippen molar-refractivity contribution >= 4 is 27.6 Å². The van der Waals surface area contributed by atoms with Crippen LogP contribution in [0.5, 0.6) is 0 Å². The van der Waals surface area contributed by atoms with Crippen molar-refractivity contribution in [1.29, 1.82) is 0 Å². The molecule has 0 N–H and O–H groups in total. The van der Waals surface area contributed by atoms with Crippen molar-refractivity contribution in [2.45, 2.75) is 30.3 Å². The number of piperidine rings is 1. The van der Waals surface area contributed by atoms with Crippen molar-refractivity contribution in [3.05, 3.63) is 64.2 Å². The summed E-state index contributed by atoms with van der Waals surface area (Å²) in [6, 6.07) is 12.1. The van der Waals surface area contributed by atoms with Crippen LogP contribution >= 0.6 is 11.6 Å². The van der Waals surface area contributed by atoms with Crippen LogP contribution in [0, 0.1) is 6.92 Å². The first-order valence-electron chi connectivity index (χ1n) is 8.43. The standard InChI is InChI=1S/C19H18ClNO4S/c1-13-16(20)8-4-9-17(13)26(23,24)21-11-5-10-19(12-21)15-7-3-2-6-14(15)18(22)25-19/h2-4,6-9H,5,10-12H2,1H3/t19-/m0/s1. The molecule has 1 fully saturated rings. The van der Waals surface area contributed by atoms with Gasteiger partial charge < -0.3 is 4.74 Å². The van der Waals surface area contributed by atoms with Gasteiger partial charge in [0.2, 0.25) is 10.0 Å². The molecular weight excluding hydrogens is 374 g/mol. The Balaban J connectivity index is 1.74. The molecule has 0 amide bonds. The minimum absolute atomic E-state index is 0.115. The Bertz CT molecular complexity index is 1000. The quantitative estimate of drug-likeness (QED) is 0.735. The molecule has 2 aromatic rings. The summed E-state index contributed by atoms with van der Waals surface area (Å²) in [4.78, 5) is 12.5. The highest BCUT2D eigenvalue weighted by atomic mass is 35.5. The number of esters is 1. The van der Waals surface area contributed by atoms with Crippen molar-refractivity contribution in [3.63, 3.8) is 0 Å². The van der Waals surface area contributed by atoms with Gasteiger partial charge in [-0.2, -0.15) is 4.31 Å². The fraction of sp³-hybridized carbons (Fsp3) is 0.316. The van der Waals surface area contributed by atoms with Crippen molar-refractivity contribution in [2.24, 2.45) is 0 Å². The first-order valence-corrected chi connectivity index (χ1v) is 10.3. The lowest BCUT2D eigenvalue weighted by molar-refractivity contribution is -0.0345. The molecule has 2 aliphatic rings. The van der Waals surface area contributed by atoms with Crippen LogP contribution in [0.15, 0.2) is 47.4 Å². The van der Waals surface area contributed by atoms with Gasteiger partial charge in [-0.15, -0.1) is 0 Å². The average molecular weight is 392 g/mol. The van der Waals surface area contributed by atoms with E-state index in [9.17, 15) is 13.2 Å². The van der Waals surface area contributed by atoms with Crippen LogP contribution in [0.3, 0.4) is 0 Å². The third-order valence-corrected chi connectivity index (χ3v) is 7.58. The molecule has 5 nitrogen and oxygen atoms in total. The average Bonchev–Trinajstić information content (AvgIpc) is 2.89. The van der Waals surface area contributed by atoms with Gasteiger partial charge in [0.05, 0.1) is 17.0 Å². The first kappa shape index (κ1) is 17.5. The van der Waals surface area contributed by atoms with Gasteiger partial charge in [-0.05, 0) is 43.5 Å². The lowest BCUT2D eigenvalue weighted by Crippen LogP contribution is -2.48. The largest absolute Gasteiger partial charge is 0.449 e. The second-order valence-corrected chi connectivity index (χ2v) is 9.05. The maximum absolute atomic E-state index is 13.2. The molecular formula is C19H18ClNO4S. The molecule has 2 heterocycles. The topological polar surface area (TPSA) is 63.7 Å². The summed E-state index contributed by atoms with van der Waals surface area (Å²) in [5.74, 6) is -0.390. The highest BCUT2D eigenvalue weighted by Gasteiger charge is 2.50. The molecule has 26 heavy (non-hydrogen) atoms. The van der Waals surface area contributed by atoms with Gasteiger partial charge in [0.15, 0.2) is 5.60 Å². The molecule has 2 aromatic carbocycles. The Morgan fingerprint density at radius 1 is 1.15 bits per heavy atom. The molecule has 0 unspecified atom stereocenters. The van der Waals surface area contributed by atoms with Crippen LogP contribution in [-0.4, -0.2) is 31.8 Å². The summed E-state index contributed by atoms with van der Waals surface area (Å²) < 4.78 is 33.6. The SMILES string of the molecule is Cc1c(Cl)cccc1S(=O)(=O)N1CCC[C@@]2(C1)OC(=O)c1ccccc12. The van der Waals surface area contributed by atoms with Gasteiger partial charge in [0, 0.05) is 17.1 Å². The third kappa shape index (κ3) is 2.55. The second kappa shape index (κ2) is 6.08. The van der Waals surface area contributed by atoms with Crippen molar-refractivity contribution in [1.82, 2.24) is 4.31 Å². The number of hydrogen-bond donors (Lipinski definition) is 0. The van der Waals surface area contributed by atoms with E-state index in [2.05, 4.69) is 0 Å². The second-order valence-electron chi connectivity index (χ2n) is 6.73. The van der Waals surface area contributed by atoms with Crippen LogP contribution in [-0.2, 0) is 20.4 Å². The lowest BCUT2D eigenvalue weighted by atomic mass is 9.86. The molecule has 1 atom stereocenters. The monoisotopic (exact) mass is 391 g/mol. The number of ether oxygens (including phenoxy) is 1. The maximum Gasteiger partial charge on any atom is 0.339 e. The summed E-state index contributed by atoms with van der Waals surface area (Å²) in [7, 11) is -3.74. The number of benzene rings is 2. The zero-order chi connectivity index (χ0) is 18.5. The van der Waals surface area contributed by atoms with E-state index >= 15 is 0 Å². The predicted molar refractivity (Wildman–Crippen MR) is 97.7 cm³/mol. The molecule has 7 heteroatoms. The molecule has 1 spiro atoms. The van der Waals surface area contributed by atoms with Crippen molar-refractivity contribution in [3.8, 4) is 0 Å². The van der Waals surface area contributed by atoms with Gasteiger partial charge >= 0.3 is 5.97 Å². The first-order chi connectivity index (χ1) is 12.3. The van der Waals surface area contributed by atoms with E-state index in [1.165, 1.54) is 4.31 Å². The summed E-state index contributed by atoms with van der Waals surface area (Å²) in [5, 5.41) is 0.412. The number of carbonyl (C=O) groups is 1. The molecule has 0 radical (unpaired) electrons. The zero-order valence-corrected chi connectivity index (χ0v) is 15.8. The van der Waals surface area contributed by atoms with Gasteiger partial charge in [-0.3, -0.25) is 0 Å². The van der Waals surface area contributed by atoms with E-state index < -0.39 is 21.6 Å². The maximum atomic E-state index is 13.2. The molecule has 0 aliphatic carbocycles. The smallest absolute Gasteiger partial charge is 0.339 e. The summed E-state index contributed by atoms with van der Waals surface area (Å²) in [6.07, 6.45) is 1.22. The van der Waals surface area contributed by atoms with Crippen LogP contribution in [0.2, 0.25) is 5.02 Å². The van der Waals surface area contributed by atoms with Gasteiger partial charge in [0.25, 0.3) is 0 Å². The molecule has 4 rings (SSSR count). The Morgan fingerprint density at radius 3 is 2.73 bits per heavy atom. The predicted octanol–water partition coefficient (Wildman–Crippen LogP) is 3.50. The minimum Gasteiger partial charge on any atom is -0.449 e. The summed E-state index contributed by atoms with van der Waals surface area (Å²) >= 11 is 6.11. The number of halogens is 1. The number of carbonyl (C=O) groups excluding carboxylic acids is 1. The molecule has 1 saturated heterocycles. The van der Waals surface area contributed by atoms with Crippen LogP contribution in [0.25, 0.3) is 0 Å². The number of fused-ring (bicyclic) bond motifs is 2. The molecule has 2 aliphatic heterocycles. The van der Waals surface area contributed by atoms with E-state index in [1.807, 2.05) is 12.1 Å². The highest BCUT2D eigenvalue weighted by Crippen LogP contribution is 2.44. The van der Waals surface area contributed by atoms with Gasteiger partial charge in [-0.1, -0.05) is 35.9 Å². The lowest BCUT2D eigenvalue weighted by Gasteiger charge is -2.39. The van der Waals surface area contributed by atoms with E-state index in [1.54, 1.807) is 37.3 Å². The molecule has 0 saturated carbocycles. The third-order valence-electron chi connectivity index (χ3n) is 5.18. The van der Waals surface area contributed by atoms with Gasteiger partial charge in [0.1, 0.15) is 0 Å².